The molecule has 0 bridgehead atoms. The molecule has 0 atom stereocenters. The number of rotatable bonds is 7. The third-order valence-electron chi connectivity index (χ3n) is 1.82. The van der Waals surface area contributed by atoms with Gasteiger partial charge in [-0.2, -0.15) is 0 Å². The van der Waals surface area contributed by atoms with E-state index >= 15 is 0 Å². The zero-order valence-electron chi connectivity index (χ0n) is 11.0. The Kier molecular flexibility index (Phi) is 7.00. The van der Waals surface area contributed by atoms with Gasteiger partial charge in [-0.05, 0) is 5.41 Å². The van der Waals surface area contributed by atoms with Crippen LogP contribution in [-0.4, -0.2) is 36.2 Å². The quantitative estimate of drug-likeness (QED) is 0.695. The van der Waals surface area contributed by atoms with Crippen molar-refractivity contribution < 1.29 is 29.0 Å². The lowest BCUT2D eigenvalue weighted by atomic mass is 9.92. The number of ether oxygens (including phenoxy) is 2. The Bertz CT molecular complexity index is 302. The molecule has 0 aromatic heterocycles. The van der Waals surface area contributed by atoms with Gasteiger partial charge in [0.1, 0.15) is 13.2 Å². The number of carboxylic acids is 1. The molecule has 0 fully saturated rings. The number of hydrogen-bond donors (Lipinski definition) is 1. The van der Waals surface area contributed by atoms with Crippen molar-refractivity contribution in [2.45, 2.75) is 40.0 Å². The molecule has 0 aromatic rings. The molecule has 0 aromatic carbocycles. The fraction of sp³-hybridized carbons (Fsp3) is 0.750. The molecule has 0 aliphatic heterocycles. The Balaban J connectivity index is 3.62. The average molecular weight is 260 g/mol. The van der Waals surface area contributed by atoms with Crippen LogP contribution in [0.5, 0.6) is 0 Å². The number of aliphatic carboxylic acids is 1. The van der Waals surface area contributed by atoms with E-state index in [9.17, 15) is 14.4 Å². The molecule has 0 aliphatic carbocycles. The number of esters is 2. The molecule has 0 spiro atoms. The third-order valence-corrected chi connectivity index (χ3v) is 1.82. The minimum Gasteiger partial charge on any atom is -0.481 e. The van der Waals surface area contributed by atoms with Crippen LogP contribution in [0.25, 0.3) is 0 Å². The molecule has 18 heavy (non-hydrogen) atoms. The van der Waals surface area contributed by atoms with Crippen LogP contribution in [-0.2, 0) is 23.9 Å². The van der Waals surface area contributed by atoms with E-state index in [1.54, 1.807) is 0 Å². The summed E-state index contributed by atoms with van der Waals surface area (Å²) in [5.74, 6) is -1.96. The fourth-order valence-corrected chi connectivity index (χ4v) is 1.06. The van der Waals surface area contributed by atoms with E-state index in [1.807, 2.05) is 20.8 Å². The van der Waals surface area contributed by atoms with Gasteiger partial charge < -0.3 is 14.6 Å². The van der Waals surface area contributed by atoms with Crippen molar-refractivity contribution in [1.82, 2.24) is 0 Å². The van der Waals surface area contributed by atoms with Crippen LogP contribution in [0.1, 0.15) is 40.0 Å². The second-order valence-corrected chi connectivity index (χ2v) is 5.07. The van der Waals surface area contributed by atoms with Gasteiger partial charge in [0.25, 0.3) is 0 Å². The predicted molar refractivity (Wildman–Crippen MR) is 62.9 cm³/mol. The molecule has 0 amide bonds. The highest BCUT2D eigenvalue weighted by atomic mass is 16.5. The van der Waals surface area contributed by atoms with Crippen molar-refractivity contribution in [1.29, 1.82) is 0 Å². The van der Waals surface area contributed by atoms with Crippen LogP contribution >= 0.6 is 0 Å². The maximum atomic E-state index is 11.3. The van der Waals surface area contributed by atoms with Gasteiger partial charge in [-0.25, -0.2) is 0 Å². The summed E-state index contributed by atoms with van der Waals surface area (Å²) in [7, 11) is 0. The minimum absolute atomic E-state index is 0.0409. The average Bonchev–Trinajstić information content (AvgIpc) is 2.13. The van der Waals surface area contributed by atoms with Crippen molar-refractivity contribution in [3.05, 3.63) is 0 Å². The smallest absolute Gasteiger partial charge is 0.309 e. The molecule has 0 saturated carbocycles. The number of carbonyl (C=O) groups is 3. The van der Waals surface area contributed by atoms with Gasteiger partial charge in [0.15, 0.2) is 0 Å². The van der Waals surface area contributed by atoms with Crippen LogP contribution in [0.15, 0.2) is 0 Å². The van der Waals surface area contributed by atoms with Gasteiger partial charge in [-0.15, -0.1) is 0 Å². The fourth-order valence-electron chi connectivity index (χ4n) is 1.06. The summed E-state index contributed by atoms with van der Waals surface area (Å²) in [6.07, 6.45) is -0.00782. The largest absolute Gasteiger partial charge is 0.481 e. The van der Waals surface area contributed by atoms with Crippen molar-refractivity contribution in [2.75, 3.05) is 13.2 Å². The lowest BCUT2D eigenvalue weighted by Crippen LogP contribution is -2.18. The van der Waals surface area contributed by atoms with E-state index in [0.717, 1.165) is 0 Å². The zero-order valence-corrected chi connectivity index (χ0v) is 11.0. The minimum atomic E-state index is -1.03. The first-order valence-corrected chi connectivity index (χ1v) is 5.74. The van der Waals surface area contributed by atoms with Crippen molar-refractivity contribution in [3.63, 3.8) is 0 Å². The second kappa shape index (κ2) is 7.68. The normalized spacial score (nSPS) is 10.8. The summed E-state index contributed by atoms with van der Waals surface area (Å²) in [6, 6.07) is 0. The van der Waals surface area contributed by atoms with Crippen LogP contribution in [0, 0.1) is 5.41 Å². The molecule has 0 radical (unpaired) electrons. The summed E-state index contributed by atoms with van der Waals surface area (Å²) in [4.78, 5) is 32.5. The molecule has 1 N–H and O–H groups in total. The maximum Gasteiger partial charge on any atom is 0.309 e. The topological polar surface area (TPSA) is 89.9 Å². The second-order valence-electron chi connectivity index (χ2n) is 5.07. The molecule has 104 valence electrons. The van der Waals surface area contributed by atoms with Crippen molar-refractivity contribution in [2.24, 2.45) is 5.41 Å². The van der Waals surface area contributed by atoms with E-state index in [4.69, 9.17) is 9.84 Å². The molecule has 0 saturated heterocycles. The van der Waals surface area contributed by atoms with E-state index in [1.165, 1.54) is 0 Å². The van der Waals surface area contributed by atoms with Crippen LogP contribution < -0.4 is 0 Å². The highest BCUT2D eigenvalue weighted by Crippen LogP contribution is 2.18. The molecule has 0 aliphatic rings. The van der Waals surface area contributed by atoms with Crippen LogP contribution in [0.3, 0.4) is 0 Å². The summed E-state index contributed by atoms with van der Waals surface area (Å²) < 4.78 is 9.48. The van der Waals surface area contributed by atoms with Crippen LogP contribution in [0.4, 0.5) is 0 Å². The molecular formula is C12H20O6. The summed E-state index contributed by atoms with van der Waals surface area (Å²) in [5.41, 5.74) is -0.154. The Morgan fingerprint density at radius 3 is 1.94 bits per heavy atom. The molecule has 0 unspecified atom stereocenters. The molecule has 6 nitrogen and oxygen atoms in total. The summed E-state index contributed by atoms with van der Waals surface area (Å²) >= 11 is 0. The van der Waals surface area contributed by atoms with Crippen LogP contribution in [0.2, 0.25) is 0 Å². The zero-order chi connectivity index (χ0) is 14.2. The van der Waals surface area contributed by atoms with Crippen molar-refractivity contribution in [3.8, 4) is 0 Å². The van der Waals surface area contributed by atoms with Gasteiger partial charge in [-0.1, -0.05) is 20.8 Å². The predicted octanol–water partition coefficient (Wildman–Crippen LogP) is 1.37. The van der Waals surface area contributed by atoms with E-state index < -0.39 is 11.9 Å². The molecular weight excluding hydrogens is 240 g/mol. The number of hydrogen-bond acceptors (Lipinski definition) is 5. The van der Waals surface area contributed by atoms with Gasteiger partial charge in [0.2, 0.25) is 0 Å². The van der Waals surface area contributed by atoms with Crippen molar-refractivity contribution >= 4 is 17.9 Å². The molecule has 0 rings (SSSR count). The van der Waals surface area contributed by atoms with Gasteiger partial charge in [-0.3, -0.25) is 14.4 Å². The maximum absolute atomic E-state index is 11.3. The number of carbonyl (C=O) groups excluding carboxylic acids is 2. The first kappa shape index (κ1) is 16.4. The highest BCUT2D eigenvalue weighted by Gasteiger charge is 2.17. The first-order chi connectivity index (χ1) is 8.20. The standard InChI is InChI=1S/C12H20O6/c1-12(2,3)8-11(16)18-7-5-10(15)17-6-4-9(13)14/h4-8H2,1-3H3,(H,13,14). The third kappa shape index (κ3) is 10.9. The summed E-state index contributed by atoms with van der Waals surface area (Å²) in [6.45, 7) is 5.53. The lowest BCUT2D eigenvalue weighted by molar-refractivity contribution is -0.150. The Morgan fingerprint density at radius 1 is 0.944 bits per heavy atom. The SMILES string of the molecule is CC(C)(C)CC(=O)OCCC(=O)OCCC(=O)O. The van der Waals surface area contributed by atoms with E-state index in [-0.39, 0.29) is 43.9 Å². The van der Waals surface area contributed by atoms with Gasteiger partial charge in [0, 0.05) is 0 Å². The monoisotopic (exact) mass is 260 g/mol. The van der Waals surface area contributed by atoms with E-state index in [2.05, 4.69) is 4.74 Å². The Labute approximate surface area is 106 Å². The summed E-state index contributed by atoms with van der Waals surface area (Å²) in [5, 5.41) is 8.32. The molecule has 0 heterocycles. The first-order valence-electron chi connectivity index (χ1n) is 5.74. The lowest BCUT2D eigenvalue weighted by Gasteiger charge is -2.16. The Hall–Kier alpha value is -1.59. The highest BCUT2D eigenvalue weighted by molar-refractivity contribution is 5.72. The Morgan fingerprint density at radius 2 is 1.44 bits per heavy atom. The molecule has 6 heteroatoms. The van der Waals surface area contributed by atoms with E-state index in [0.29, 0.717) is 0 Å². The van der Waals surface area contributed by atoms with Gasteiger partial charge in [0.05, 0.1) is 19.3 Å². The van der Waals surface area contributed by atoms with Gasteiger partial charge >= 0.3 is 17.9 Å². The number of carboxylic acid groups (broad SMARTS) is 1.